The summed E-state index contributed by atoms with van der Waals surface area (Å²) in [6.45, 7) is 2.32. The Balaban J connectivity index is 1.38. The zero-order valence-corrected chi connectivity index (χ0v) is 16.4. The molecule has 0 aliphatic heterocycles. The molecule has 148 valence electrons. The van der Waals surface area contributed by atoms with Gasteiger partial charge in [-0.2, -0.15) is 9.90 Å². The summed E-state index contributed by atoms with van der Waals surface area (Å²) in [5.74, 6) is 0.320. The first kappa shape index (κ1) is 19.2. The Morgan fingerprint density at radius 3 is 2.27 bits per heavy atom. The average molecular weight is 396 g/mol. The Morgan fingerprint density at radius 2 is 1.57 bits per heavy atom. The third-order valence-corrected chi connectivity index (χ3v) is 4.54. The fourth-order valence-electron chi connectivity index (χ4n) is 2.88. The van der Waals surface area contributed by atoms with Gasteiger partial charge in [0.1, 0.15) is 0 Å². The first-order chi connectivity index (χ1) is 14.7. The van der Waals surface area contributed by atoms with Crippen molar-refractivity contribution in [1.82, 2.24) is 25.6 Å². The number of benzene rings is 3. The molecule has 4 aromatic rings. The number of hydrazone groups is 1. The highest BCUT2D eigenvalue weighted by Gasteiger charge is 2.08. The number of hydrogen-bond acceptors (Lipinski definition) is 5. The Morgan fingerprint density at radius 1 is 0.900 bits per heavy atom. The quantitative estimate of drug-likeness (QED) is 0.399. The van der Waals surface area contributed by atoms with Crippen LogP contribution < -0.4 is 5.43 Å². The van der Waals surface area contributed by atoms with Gasteiger partial charge in [0.15, 0.2) is 0 Å². The number of hydrogen-bond donors (Lipinski definition) is 1. The predicted octanol–water partition coefficient (Wildman–Crippen LogP) is 3.54. The summed E-state index contributed by atoms with van der Waals surface area (Å²) >= 11 is 0. The lowest BCUT2D eigenvalue weighted by molar-refractivity contribution is 0.0955. The molecule has 1 heterocycles. The van der Waals surface area contributed by atoms with Gasteiger partial charge in [0.25, 0.3) is 5.91 Å². The Bertz CT molecular complexity index is 1150. The smallest absolute Gasteiger partial charge is 0.267 e. The molecule has 0 saturated carbocycles. The van der Waals surface area contributed by atoms with Crippen molar-refractivity contribution < 1.29 is 4.79 Å². The van der Waals surface area contributed by atoms with Crippen molar-refractivity contribution in [2.24, 2.45) is 5.10 Å². The maximum Gasteiger partial charge on any atom is 0.271 e. The second-order valence-electron chi connectivity index (χ2n) is 6.71. The number of aromatic nitrogens is 4. The third kappa shape index (κ3) is 4.64. The van der Waals surface area contributed by atoms with Gasteiger partial charge in [0, 0.05) is 11.1 Å². The van der Waals surface area contributed by atoms with Crippen molar-refractivity contribution in [1.29, 1.82) is 0 Å². The Hall–Kier alpha value is -4.13. The van der Waals surface area contributed by atoms with Crippen LogP contribution in [-0.2, 0) is 6.54 Å². The predicted molar refractivity (Wildman–Crippen MR) is 115 cm³/mol. The molecular formula is C23H20N6O. The van der Waals surface area contributed by atoms with Crippen LogP contribution in [0, 0.1) is 0 Å². The van der Waals surface area contributed by atoms with E-state index in [9.17, 15) is 4.79 Å². The molecule has 0 aliphatic carbocycles. The summed E-state index contributed by atoms with van der Waals surface area (Å²) in [5.41, 5.74) is 6.71. The topological polar surface area (TPSA) is 85.1 Å². The molecule has 7 nitrogen and oxygen atoms in total. The van der Waals surface area contributed by atoms with Crippen LogP contribution >= 0.6 is 0 Å². The van der Waals surface area contributed by atoms with Crippen molar-refractivity contribution >= 4 is 11.6 Å². The number of nitrogens with zero attached hydrogens (tertiary/aromatic N) is 5. The summed E-state index contributed by atoms with van der Waals surface area (Å²) in [4.78, 5) is 13.9. The minimum atomic E-state index is -0.262. The molecule has 0 saturated heterocycles. The van der Waals surface area contributed by atoms with Crippen molar-refractivity contribution in [3.63, 3.8) is 0 Å². The lowest BCUT2D eigenvalue weighted by atomic mass is 10.1. The summed E-state index contributed by atoms with van der Waals surface area (Å²) in [6.07, 6.45) is 0. The van der Waals surface area contributed by atoms with Gasteiger partial charge in [-0.3, -0.25) is 4.79 Å². The third-order valence-electron chi connectivity index (χ3n) is 4.54. The van der Waals surface area contributed by atoms with E-state index in [1.165, 1.54) is 4.80 Å². The molecule has 0 bridgehead atoms. The lowest BCUT2D eigenvalue weighted by Crippen LogP contribution is -2.19. The molecule has 0 fully saturated rings. The van der Waals surface area contributed by atoms with Crippen LogP contribution in [0.5, 0.6) is 0 Å². The summed E-state index contributed by atoms with van der Waals surface area (Å²) in [7, 11) is 0. The fourth-order valence-corrected chi connectivity index (χ4v) is 2.88. The first-order valence-corrected chi connectivity index (χ1v) is 9.51. The van der Waals surface area contributed by atoms with E-state index in [0.29, 0.717) is 17.9 Å². The SMILES string of the molecule is C/C(=N\NC(=O)c1ccc(Cn2nnc(-c3ccccc3)n2)cc1)c1ccccc1. The van der Waals surface area contributed by atoms with Crippen LogP contribution in [0.15, 0.2) is 90.0 Å². The molecule has 1 aromatic heterocycles. The average Bonchev–Trinajstić information content (AvgIpc) is 3.27. The largest absolute Gasteiger partial charge is 0.271 e. The van der Waals surface area contributed by atoms with E-state index >= 15 is 0 Å². The number of rotatable bonds is 6. The standard InChI is InChI=1S/C23H20N6O/c1-17(19-8-4-2-5-9-19)24-26-23(30)21-14-12-18(13-15-21)16-29-27-22(25-28-29)20-10-6-3-7-11-20/h2-15H,16H2,1H3,(H,26,30)/b24-17+. The van der Waals surface area contributed by atoms with Gasteiger partial charge in [-0.15, -0.1) is 10.2 Å². The number of tetrazole rings is 1. The number of amides is 1. The molecule has 4 rings (SSSR count). The summed E-state index contributed by atoms with van der Waals surface area (Å²) in [6, 6.07) is 26.6. The minimum Gasteiger partial charge on any atom is -0.267 e. The van der Waals surface area contributed by atoms with Crippen molar-refractivity contribution in [2.75, 3.05) is 0 Å². The van der Waals surface area contributed by atoms with Crippen molar-refractivity contribution in [2.45, 2.75) is 13.5 Å². The van der Waals surface area contributed by atoms with E-state index < -0.39 is 0 Å². The van der Waals surface area contributed by atoms with Crippen LogP contribution in [0.4, 0.5) is 0 Å². The second kappa shape index (κ2) is 8.91. The van der Waals surface area contributed by atoms with Gasteiger partial charge >= 0.3 is 0 Å². The molecule has 0 unspecified atom stereocenters. The second-order valence-corrected chi connectivity index (χ2v) is 6.71. The molecule has 3 aromatic carbocycles. The van der Waals surface area contributed by atoms with E-state index in [1.54, 1.807) is 12.1 Å². The zero-order valence-electron chi connectivity index (χ0n) is 16.4. The summed E-state index contributed by atoms with van der Waals surface area (Å²) in [5, 5.41) is 16.8. The maximum atomic E-state index is 12.4. The monoisotopic (exact) mass is 396 g/mol. The van der Waals surface area contributed by atoms with Crippen molar-refractivity contribution in [3.8, 4) is 11.4 Å². The number of carbonyl (C=O) groups is 1. The maximum absolute atomic E-state index is 12.4. The molecular weight excluding hydrogens is 376 g/mol. The highest BCUT2D eigenvalue weighted by atomic mass is 16.2. The summed E-state index contributed by atoms with van der Waals surface area (Å²) < 4.78 is 0. The normalized spacial score (nSPS) is 11.3. The van der Waals surface area contributed by atoms with Crippen LogP contribution in [0.1, 0.15) is 28.4 Å². The van der Waals surface area contributed by atoms with E-state index in [4.69, 9.17) is 0 Å². The van der Waals surface area contributed by atoms with E-state index in [1.807, 2.05) is 79.7 Å². The number of carbonyl (C=O) groups excluding carboxylic acids is 1. The lowest BCUT2D eigenvalue weighted by Gasteiger charge is -2.04. The van der Waals surface area contributed by atoms with Crippen LogP contribution in [0.25, 0.3) is 11.4 Å². The minimum absolute atomic E-state index is 0.262. The molecule has 0 aliphatic rings. The van der Waals surface area contributed by atoms with Gasteiger partial charge in [0.2, 0.25) is 5.82 Å². The van der Waals surface area contributed by atoms with Gasteiger partial charge < -0.3 is 0 Å². The van der Waals surface area contributed by atoms with Crippen LogP contribution in [-0.4, -0.2) is 31.8 Å². The van der Waals surface area contributed by atoms with Gasteiger partial charge in [-0.05, 0) is 35.4 Å². The van der Waals surface area contributed by atoms with Gasteiger partial charge in [0.05, 0.1) is 12.3 Å². The molecule has 0 radical (unpaired) electrons. The first-order valence-electron chi connectivity index (χ1n) is 9.51. The Kier molecular flexibility index (Phi) is 5.70. The van der Waals surface area contributed by atoms with Gasteiger partial charge in [-0.1, -0.05) is 72.8 Å². The van der Waals surface area contributed by atoms with E-state index in [-0.39, 0.29) is 5.91 Å². The molecule has 30 heavy (non-hydrogen) atoms. The van der Waals surface area contributed by atoms with Crippen LogP contribution in [0.2, 0.25) is 0 Å². The van der Waals surface area contributed by atoms with Gasteiger partial charge in [-0.25, -0.2) is 5.43 Å². The molecule has 7 heteroatoms. The molecule has 1 amide bonds. The fraction of sp³-hybridized carbons (Fsp3) is 0.0870. The highest BCUT2D eigenvalue weighted by molar-refractivity contribution is 6.00. The molecule has 1 N–H and O–H groups in total. The zero-order chi connectivity index (χ0) is 20.8. The molecule has 0 atom stereocenters. The molecule has 0 spiro atoms. The van der Waals surface area contributed by atoms with Crippen LogP contribution in [0.3, 0.4) is 0 Å². The number of nitrogens with one attached hydrogen (secondary N) is 1. The highest BCUT2D eigenvalue weighted by Crippen LogP contribution is 2.12. The van der Waals surface area contributed by atoms with E-state index in [2.05, 4.69) is 25.9 Å². The van der Waals surface area contributed by atoms with E-state index in [0.717, 1.165) is 22.4 Å². The Labute approximate surface area is 174 Å². The van der Waals surface area contributed by atoms with Crippen molar-refractivity contribution in [3.05, 3.63) is 102 Å².